The van der Waals surface area contributed by atoms with Crippen molar-refractivity contribution >= 4 is 33.5 Å². The first kappa shape index (κ1) is 13.1. The third kappa shape index (κ3) is 2.40. The molecule has 4 rings (SSSR count). The molecule has 0 atom stereocenters. The number of para-hydroxylation sites is 1. The Bertz CT molecular complexity index is 789. The topological polar surface area (TPSA) is 30.7 Å². The number of hydrogen-bond donors (Lipinski definition) is 0. The fourth-order valence-electron chi connectivity index (χ4n) is 3.10. The fourth-order valence-corrected chi connectivity index (χ4v) is 3.30. The monoisotopic (exact) mass is 299 g/mol. The molecule has 0 N–H and O–H groups in total. The number of alkyl halides is 1. The molecule has 2 aromatic heterocycles. The van der Waals surface area contributed by atoms with Crippen LogP contribution in [-0.2, 0) is 12.4 Å². The highest BCUT2D eigenvalue weighted by atomic mass is 35.5. The van der Waals surface area contributed by atoms with Gasteiger partial charge in [0.2, 0.25) is 0 Å². The molecule has 0 aliphatic heterocycles. The van der Waals surface area contributed by atoms with E-state index in [0.717, 1.165) is 29.3 Å². The summed E-state index contributed by atoms with van der Waals surface area (Å²) in [5, 5.41) is 1.17. The summed E-state index contributed by atoms with van der Waals surface area (Å²) < 4.78 is 2.30. The molecule has 0 spiro atoms. The van der Waals surface area contributed by atoms with Crippen molar-refractivity contribution in [1.82, 2.24) is 14.5 Å². The van der Waals surface area contributed by atoms with E-state index in [2.05, 4.69) is 32.7 Å². The van der Waals surface area contributed by atoms with Crippen LogP contribution in [0.25, 0.3) is 21.9 Å². The molecule has 1 fully saturated rings. The van der Waals surface area contributed by atoms with Crippen molar-refractivity contribution in [2.24, 2.45) is 5.92 Å². The number of benzene rings is 1. The molecule has 108 valence electrons. The quantitative estimate of drug-likeness (QED) is 0.649. The number of aromatic nitrogens is 3. The first-order chi connectivity index (χ1) is 10.4. The Labute approximate surface area is 129 Å². The molecule has 3 aromatic rings. The van der Waals surface area contributed by atoms with Crippen molar-refractivity contribution in [3.63, 3.8) is 0 Å². The Morgan fingerprint density at radius 2 is 2.05 bits per heavy atom. The van der Waals surface area contributed by atoms with E-state index in [1.807, 2.05) is 12.3 Å². The molecule has 2 heterocycles. The number of nitrogens with zero attached hydrogens (tertiary/aromatic N) is 3. The predicted molar refractivity (Wildman–Crippen MR) is 86.5 cm³/mol. The van der Waals surface area contributed by atoms with E-state index in [9.17, 15) is 0 Å². The number of rotatable bonds is 5. The summed E-state index contributed by atoms with van der Waals surface area (Å²) in [7, 11) is 0. The smallest absolute Gasteiger partial charge is 0.124 e. The number of fused-ring (bicyclic) bond motifs is 3. The maximum Gasteiger partial charge on any atom is 0.124 e. The zero-order valence-electron chi connectivity index (χ0n) is 11.9. The van der Waals surface area contributed by atoms with E-state index in [1.54, 1.807) is 0 Å². The van der Waals surface area contributed by atoms with Crippen molar-refractivity contribution in [3.05, 3.63) is 36.3 Å². The molecule has 1 aromatic carbocycles. The van der Waals surface area contributed by atoms with Gasteiger partial charge in [0.1, 0.15) is 11.3 Å². The minimum atomic E-state index is 0.451. The highest BCUT2D eigenvalue weighted by Crippen LogP contribution is 2.34. The third-order valence-electron chi connectivity index (χ3n) is 4.37. The van der Waals surface area contributed by atoms with Crippen LogP contribution in [0.15, 0.2) is 30.5 Å². The Kier molecular flexibility index (Phi) is 3.30. The van der Waals surface area contributed by atoms with Gasteiger partial charge in [-0.15, -0.1) is 11.6 Å². The van der Waals surface area contributed by atoms with Crippen molar-refractivity contribution in [1.29, 1.82) is 0 Å². The highest BCUT2D eigenvalue weighted by Gasteiger charge is 2.21. The molecule has 1 aliphatic carbocycles. The first-order valence-electron chi connectivity index (χ1n) is 7.65. The number of pyridine rings is 1. The Hall–Kier alpha value is -1.61. The summed E-state index contributed by atoms with van der Waals surface area (Å²) in [4.78, 5) is 9.16. The maximum absolute atomic E-state index is 6.10. The van der Waals surface area contributed by atoms with Crippen LogP contribution >= 0.6 is 11.6 Å². The Balaban J connectivity index is 1.81. The van der Waals surface area contributed by atoms with E-state index >= 15 is 0 Å². The molecule has 4 heteroatoms. The molecule has 21 heavy (non-hydrogen) atoms. The van der Waals surface area contributed by atoms with Crippen LogP contribution in [0.3, 0.4) is 0 Å². The van der Waals surface area contributed by atoms with Gasteiger partial charge in [-0.1, -0.05) is 31.0 Å². The summed E-state index contributed by atoms with van der Waals surface area (Å²) in [6, 6.07) is 8.27. The molecule has 0 saturated heterocycles. The van der Waals surface area contributed by atoms with Crippen LogP contribution in [0.1, 0.15) is 31.5 Å². The van der Waals surface area contributed by atoms with Gasteiger partial charge in [-0.05, 0) is 24.8 Å². The van der Waals surface area contributed by atoms with Gasteiger partial charge < -0.3 is 4.57 Å². The molecule has 1 saturated carbocycles. The lowest BCUT2D eigenvalue weighted by atomic mass is 10.2. The second-order valence-electron chi connectivity index (χ2n) is 5.91. The van der Waals surface area contributed by atoms with Crippen LogP contribution in [-0.4, -0.2) is 14.5 Å². The normalized spacial score (nSPS) is 15.1. The third-order valence-corrected chi connectivity index (χ3v) is 4.61. The fraction of sp³-hybridized carbons (Fsp3) is 0.412. The minimum Gasteiger partial charge on any atom is -0.326 e. The SMILES string of the molecule is ClCc1nc2cnc3ccccc3c2n1CCCC1CC1. The van der Waals surface area contributed by atoms with Gasteiger partial charge >= 0.3 is 0 Å². The lowest BCUT2D eigenvalue weighted by Gasteiger charge is -2.09. The zero-order chi connectivity index (χ0) is 14.2. The van der Waals surface area contributed by atoms with Crippen LogP contribution in [0.4, 0.5) is 0 Å². The highest BCUT2D eigenvalue weighted by molar-refractivity contribution is 6.17. The van der Waals surface area contributed by atoms with E-state index < -0.39 is 0 Å². The minimum absolute atomic E-state index is 0.451. The van der Waals surface area contributed by atoms with Gasteiger partial charge in [-0.2, -0.15) is 0 Å². The van der Waals surface area contributed by atoms with E-state index in [0.29, 0.717) is 5.88 Å². The van der Waals surface area contributed by atoms with E-state index in [4.69, 9.17) is 11.6 Å². The summed E-state index contributed by atoms with van der Waals surface area (Å²) in [5.74, 6) is 2.38. The molecule has 3 nitrogen and oxygen atoms in total. The van der Waals surface area contributed by atoms with E-state index in [1.165, 1.54) is 36.6 Å². The summed E-state index contributed by atoms with van der Waals surface area (Å²) in [5.41, 5.74) is 3.16. The van der Waals surface area contributed by atoms with Crippen LogP contribution in [0, 0.1) is 5.92 Å². The standard InChI is InChI=1S/C17H18ClN3/c18-10-16-20-15-11-19-14-6-2-1-5-13(14)17(15)21(16)9-3-4-12-7-8-12/h1-2,5-6,11-12H,3-4,7-10H2. The summed E-state index contributed by atoms with van der Waals surface area (Å²) >= 11 is 6.10. The number of aryl methyl sites for hydroxylation is 1. The molecule has 0 radical (unpaired) electrons. The molecule has 0 amide bonds. The first-order valence-corrected chi connectivity index (χ1v) is 8.19. The second kappa shape index (κ2) is 5.30. The molecular weight excluding hydrogens is 282 g/mol. The van der Waals surface area contributed by atoms with Gasteiger partial charge in [-0.25, -0.2) is 4.98 Å². The second-order valence-corrected chi connectivity index (χ2v) is 6.18. The van der Waals surface area contributed by atoms with Gasteiger partial charge in [0.15, 0.2) is 0 Å². The zero-order valence-corrected chi connectivity index (χ0v) is 12.7. The average Bonchev–Trinajstić information content (AvgIpc) is 3.27. The Morgan fingerprint density at radius 1 is 1.19 bits per heavy atom. The maximum atomic E-state index is 6.10. The molecule has 0 unspecified atom stereocenters. The molecule has 0 bridgehead atoms. The van der Waals surface area contributed by atoms with E-state index in [-0.39, 0.29) is 0 Å². The summed E-state index contributed by atoms with van der Waals surface area (Å²) in [6.07, 6.45) is 7.23. The molecule has 1 aliphatic rings. The van der Waals surface area contributed by atoms with Gasteiger partial charge in [0.25, 0.3) is 0 Å². The average molecular weight is 300 g/mol. The van der Waals surface area contributed by atoms with Crippen molar-refractivity contribution in [2.45, 2.75) is 38.1 Å². The largest absolute Gasteiger partial charge is 0.326 e. The van der Waals surface area contributed by atoms with Crippen molar-refractivity contribution in [3.8, 4) is 0 Å². The van der Waals surface area contributed by atoms with Gasteiger partial charge in [0, 0.05) is 11.9 Å². The Morgan fingerprint density at radius 3 is 2.86 bits per heavy atom. The lowest BCUT2D eigenvalue weighted by molar-refractivity contribution is 0.576. The van der Waals surface area contributed by atoms with Crippen LogP contribution < -0.4 is 0 Å². The number of halogens is 1. The summed E-state index contributed by atoms with van der Waals surface area (Å²) in [6.45, 7) is 1.00. The number of imidazole rings is 1. The van der Waals surface area contributed by atoms with Crippen LogP contribution in [0.5, 0.6) is 0 Å². The number of hydrogen-bond acceptors (Lipinski definition) is 2. The van der Waals surface area contributed by atoms with Gasteiger partial charge in [-0.3, -0.25) is 4.98 Å². The lowest BCUT2D eigenvalue weighted by Crippen LogP contribution is -2.03. The van der Waals surface area contributed by atoms with Crippen molar-refractivity contribution < 1.29 is 0 Å². The molecular formula is C17H18ClN3. The van der Waals surface area contributed by atoms with Gasteiger partial charge in [0.05, 0.1) is 23.1 Å². The van der Waals surface area contributed by atoms with Crippen molar-refractivity contribution in [2.75, 3.05) is 0 Å². The predicted octanol–water partition coefficient (Wildman–Crippen LogP) is 4.51. The van der Waals surface area contributed by atoms with Crippen LogP contribution in [0.2, 0.25) is 0 Å².